The largest absolute Gasteiger partial charge is 0.508 e. The van der Waals surface area contributed by atoms with E-state index in [1.54, 1.807) is 12.1 Å². The Morgan fingerprint density at radius 3 is 2.31 bits per heavy atom. The maximum absolute atomic E-state index is 9.09. The van der Waals surface area contributed by atoms with Crippen molar-refractivity contribution in [1.29, 1.82) is 0 Å². The summed E-state index contributed by atoms with van der Waals surface area (Å²) in [4.78, 5) is 0. The van der Waals surface area contributed by atoms with E-state index in [4.69, 9.17) is 10.2 Å². The van der Waals surface area contributed by atoms with Gasteiger partial charge in [-0.25, -0.2) is 0 Å². The van der Waals surface area contributed by atoms with Gasteiger partial charge in [0.2, 0.25) is 0 Å². The lowest BCUT2D eigenvalue weighted by molar-refractivity contribution is 0.142. The maximum Gasteiger partial charge on any atom is 0.115 e. The van der Waals surface area contributed by atoms with Crippen LogP contribution in [0.4, 0.5) is 0 Å². The molecule has 0 saturated heterocycles. The van der Waals surface area contributed by atoms with E-state index in [2.05, 4.69) is 0 Å². The molecule has 1 aromatic rings. The molecule has 0 atom stereocenters. The minimum atomic E-state index is 0.314. The first-order valence-electron chi connectivity index (χ1n) is 4.69. The van der Waals surface area contributed by atoms with Crippen LogP contribution in [0.5, 0.6) is 5.75 Å². The molecule has 0 unspecified atom stereocenters. The average molecular weight is 178 g/mol. The van der Waals surface area contributed by atoms with Crippen molar-refractivity contribution in [3.05, 3.63) is 29.8 Å². The summed E-state index contributed by atoms with van der Waals surface area (Å²) in [5.74, 6) is 1.42. The zero-order chi connectivity index (χ0) is 9.26. The molecule has 0 bridgehead atoms. The number of aliphatic hydroxyl groups excluding tert-OH is 1. The van der Waals surface area contributed by atoms with E-state index in [9.17, 15) is 0 Å². The quantitative estimate of drug-likeness (QED) is 0.726. The summed E-state index contributed by atoms with van der Waals surface area (Å²) >= 11 is 0. The van der Waals surface area contributed by atoms with E-state index in [1.165, 1.54) is 5.56 Å². The van der Waals surface area contributed by atoms with E-state index in [1.807, 2.05) is 12.1 Å². The maximum atomic E-state index is 9.09. The average Bonchev–Trinajstić information content (AvgIpc) is 2.06. The van der Waals surface area contributed by atoms with Gasteiger partial charge < -0.3 is 10.2 Å². The Hall–Kier alpha value is -1.02. The number of rotatable bonds is 2. The number of aliphatic hydroxyl groups is 1. The zero-order valence-electron chi connectivity index (χ0n) is 7.48. The van der Waals surface area contributed by atoms with Gasteiger partial charge in [-0.2, -0.15) is 0 Å². The third-order valence-electron chi connectivity index (χ3n) is 2.86. The Balaban J connectivity index is 1.99. The highest BCUT2D eigenvalue weighted by Gasteiger charge is 2.29. The predicted octanol–water partition coefficient (Wildman–Crippen LogP) is 1.88. The molecule has 0 radical (unpaired) electrons. The van der Waals surface area contributed by atoms with Crippen LogP contribution in [-0.4, -0.2) is 16.8 Å². The minimum Gasteiger partial charge on any atom is -0.508 e. The van der Waals surface area contributed by atoms with E-state index < -0.39 is 0 Å². The van der Waals surface area contributed by atoms with E-state index in [-0.39, 0.29) is 0 Å². The van der Waals surface area contributed by atoms with Crippen molar-refractivity contribution in [1.82, 2.24) is 0 Å². The zero-order valence-corrected chi connectivity index (χ0v) is 7.48. The molecule has 1 aliphatic rings. The van der Waals surface area contributed by atoms with Gasteiger partial charge in [-0.1, -0.05) is 12.1 Å². The van der Waals surface area contributed by atoms with E-state index in [0.29, 0.717) is 24.2 Å². The van der Waals surface area contributed by atoms with Crippen LogP contribution in [0.1, 0.15) is 24.3 Å². The first-order valence-corrected chi connectivity index (χ1v) is 4.69. The molecule has 1 aliphatic carbocycles. The number of hydrogen-bond acceptors (Lipinski definition) is 2. The van der Waals surface area contributed by atoms with Gasteiger partial charge in [-0.15, -0.1) is 0 Å². The van der Waals surface area contributed by atoms with Gasteiger partial charge in [0, 0.05) is 6.61 Å². The molecule has 13 heavy (non-hydrogen) atoms. The van der Waals surface area contributed by atoms with Crippen molar-refractivity contribution in [3.8, 4) is 5.75 Å². The second-order valence-corrected chi connectivity index (χ2v) is 3.81. The van der Waals surface area contributed by atoms with Gasteiger partial charge in [0.1, 0.15) is 5.75 Å². The molecular formula is C11H14O2. The molecule has 2 heteroatoms. The van der Waals surface area contributed by atoms with Crippen LogP contribution in [0.3, 0.4) is 0 Å². The SMILES string of the molecule is OCC1CC(c2ccc(O)cc2)C1. The highest BCUT2D eigenvalue weighted by Crippen LogP contribution is 2.41. The third kappa shape index (κ3) is 1.68. The van der Waals surface area contributed by atoms with Gasteiger partial charge in [-0.05, 0) is 42.4 Å². The van der Waals surface area contributed by atoms with Crippen LogP contribution in [-0.2, 0) is 0 Å². The summed E-state index contributed by atoms with van der Waals surface area (Å²) in [7, 11) is 0. The highest BCUT2D eigenvalue weighted by atomic mass is 16.3. The van der Waals surface area contributed by atoms with Crippen LogP contribution in [0.15, 0.2) is 24.3 Å². The van der Waals surface area contributed by atoms with Crippen LogP contribution in [0.25, 0.3) is 0 Å². The van der Waals surface area contributed by atoms with Gasteiger partial charge in [0.15, 0.2) is 0 Å². The molecule has 1 saturated carbocycles. The van der Waals surface area contributed by atoms with Crippen molar-refractivity contribution in [3.63, 3.8) is 0 Å². The van der Waals surface area contributed by atoms with Crippen LogP contribution < -0.4 is 0 Å². The Kier molecular flexibility index (Phi) is 2.23. The van der Waals surface area contributed by atoms with Gasteiger partial charge in [0.25, 0.3) is 0 Å². The Labute approximate surface area is 77.8 Å². The summed E-state index contributed by atoms with van der Waals surface area (Å²) in [6.07, 6.45) is 2.17. The first-order chi connectivity index (χ1) is 6.29. The first kappa shape index (κ1) is 8.57. The smallest absolute Gasteiger partial charge is 0.115 e. The van der Waals surface area contributed by atoms with Crippen molar-refractivity contribution >= 4 is 0 Å². The summed E-state index contributed by atoms with van der Waals surface area (Å²) in [5.41, 5.74) is 1.28. The molecule has 0 aliphatic heterocycles. The lowest BCUT2D eigenvalue weighted by Crippen LogP contribution is -2.24. The highest BCUT2D eigenvalue weighted by molar-refractivity contribution is 5.29. The summed E-state index contributed by atoms with van der Waals surface area (Å²) in [6.45, 7) is 0.314. The predicted molar refractivity (Wildman–Crippen MR) is 50.7 cm³/mol. The van der Waals surface area contributed by atoms with Crippen molar-refractivity contribution in [2.45, 2.75) is 18.8 Å². The fourth-order valence-electron chi connectivity index (χ4n) is 1.90. The second kappa shape index (κ2) is 3.38. The van der Waals surface area contributed by atoms with Gasteiger partial charge >= 0.3 is 0 Å². The number of hydrogen-bond donors (Lipinski definition) is 2. The van der Waals surface area contributed by atoms with Crippen LogP contribution in [0, 0.1) is 5.92 Å². The van der Waals surface area contributed by atoms with E-state index in [0.717, 1.165) is 12.8 Å². The third-order valence-corrected chi connectivity index (χ3v) is 2.86. The lowest BCUT2D eigenvalue weighted by Gasteiger charge is -2.34. The molecule has 2 nitrogen and oxygen atoms in total. The molecule has 2 rings (SSSR count). The van der Waals surface area contributed by atoms with Crippen molar-refractivity contribution < 1.29 is 10.2 Å². The number of aromatic hydroxyl groups is 1. The monoisotopic (exact) mass is 178 g/mol. The molecular weight excluding hydrogens is 164 g/mol. The molecule has 70 valence electrons. The standard InChI is InChI=1S/C11H14O2/c12-7-8-5-10(6-8)9-1-3-11(13)4-2-9/h1-4,8,10,12-13H,5-7H2. The van der Waals surface area contributed by atoms with Crippen LogP contribution in [0.2, 0.25) is 0 Å². The molecule has 0 heterocycles. The fraction of sp³-hybridized carbons (Fsp3) is 0.455. The minimum absolute atomic E-state index is 0.314. The topological polar surface area (TPSA) is 40.5 Å². The molecule has 0 spiro atoms. The number of phenolic OH excluding ortho intramolecular Hbond substituents is 1. The van der Waals surface area contributed by atoms with Crippen LogP contribution >= 0.6 is 0 Å². The summed E-state index contributed by atoms with van der Waals surface area (Å²) in [5, 5.41) is 17.9. The number of phenols is 1. The molecule has 1 fully saturated rings. The normalized spacial score (nSPS) is 26.8. The Morgan fingerprint density at radius 2 is 1.77 bits per heavy atom. The fourth-order valence-corrected chi connectivity index (χ4v) is 1.90. The summed E-state index contributed by atoms with van der Waals surface area (Å²) < 4.78 is 0. The van der Waals surface area contributed by atoms with Crippen molar-refractivity contribution in [2.75, 3.05) is 6.61 Å². The Morgan fingerprint density at radius 1 is 1.15 bits per heavy atom. The molecule has 0 amide bonds. The lowest BCUT2D eigenvalue weighted by atomic mass is 9.72. The Bertz CT molecular complexity index is 273. The van der Waals surface area contributed by atoms with Crippen molar-refractivity contribution in [2.24, 2.45) is 5.92 Å². The molecule has 1 aromatic carbocycles. The molecule has 2 N–H and O–H groups in total. The van der Waals surface area contributed by atoms with E-state index >= 15 is 0 Å². The van der Waals surface area contributed by atoms with Gasteiger partial charge in [0.05, 0.1) is 0 Å². The van der Waals surface area contributed by atoms with Gasteiger partial charge in [-0.3, -0.25) is 0 Å². The summed E-state index contributed by atoms with van der Waals surface area (Å²) in [6, 6.07) is 7.38. The second-order valence-electron chi connectivity index (χ2n) is 3.81. The molecule has 0 aromatic heterocycles. The number of benzene rings is 1.